The first-order chi connectivity index (χ1) is 17.8. The van der Waals surface area contributed by atoms with Crippen LogP contribution in [0.2, 0.25) is 0 Å². The van der Waals surface area contributed by atoms with Crippen molar-refractivity contribution in [3.8, 4) is 0 Å². The maximum absolute atomic E-state index is 13.9. The fourth-order valence-electron chi connectivity index (χ4n) is 6.86. The van der Waals surface area contributed by atoms with Crippen molar-refractivity contribution < 1.29 is 27.3 Å². The predicted molar refractivity (Wildman–Crippen MR) is 156 cm³/mol. The molecule has 228 valence electrons. The van der Waals surface area contributed by atoms with Gasteiger partial charge >= 0.3 is 23.0 Å². The number of rotatable bonds is 14. The monoisotopic (exact) mass is 612 g/mol. The Morgan fingerprint density at radius 3 is 1.51 bits per heavy atom. The first kappa shape index (κ1) is 33.4. The van der Waals surface area contributed by atoms with Crippen LogP contribution in [-0.2, 0) is 27.3 Å². The van der Waals surface area contributed by atoms with E-state index in [1.807, 2.05) is 0 Å². The molecule has 39 heavy (non-hydrogen) atoms. The SMILES string of the molecule is CN(C)P(=O)(OCC12C=C(OP(=O)(N(C)C)N(C)C)CC1(COP(=O)(N(C)C)N(C)C)C1CCC2C1)N(C)C. The number of hydrogen-bond donors (Lipinski definition) is 0. The van der Waals surface area contributed by atoms with E-state index in [4.69, 9.17) is 13.6 Å². The van der Waals surface area contributed by atoms with Crippen molar-refractivity contribution in [3.63, 3.8) is 0 Å². The summed E-state index contributed by atoms with van der Waals surface area (Å²) in [5.74, 6) is 1.15. The zero-order chi connectivity index (χ0) is 29.8. The summed E-state index contributed by atoms with van der Waals surface area (Å²) in [6, 6.07) is 0. The topological polar surface area (TPSA) is 98.3 Å². The lowest BCUT2D eigenvalue weighted by molar-refractivity contribution is -0.0464. The molecule has 2 saturated carbocycles. The highest BCUT2D eigenvalue weighted by Crippen LogP contribution is 2.75. The highest BCUT2D eigenvalue weighted by Gasteiger charge is 2.70. The molecule has 12 nitrogen and oxygen atoms in total. The van der Waals surface area contributed by atoms with Crippen LogP contribution >= 0.6 is 23.0 Å². The summed E-state index contributed by atoms with van der Waals surface area (Å²) in [6.07, 6.45) is 5.58. The quantitative estimate of drug-likeness (QED) is 0.260. The summed E-state index contributed by atoms with van der Waals surface area (Å²) in [7, 11) is 11.1. The Morgan fingerprint density at radius 2 is 1.08 bits per heavy atom. The van der Waals surface area contributed by atoms with Gasteiger partial charge in [0.25, 0.3) is 0 Å². The molecule has 0 heterocycles. The smallest absolute Gasteiger partial charge is 0.394 e. The van der Waals surface area contributed by atoms with Crippen LogP contribution in [0.3, 0.4) is 0 Å². The van der Waals surface area contributed by atoms with Crippen molar-refractivity contribution in [2.24, 2.45) is 22.7 Å². The van der Waals surface area contributed by atoms with E-state index in [1.165, 1.54) is 0 Å². The molecule has 0 radical (unpaired) electrons. The molecular formula is C24H51N6O6P3. The Bertz CT molecular complexity index is 1050. The van der Waals surface area contributed by atoms with Gasteiger partial charge in [-0.1, -0.05) is 0 Å². The lowest BCUT2D eigenvalue weighted by Crippen LogP contribution is -2.49. The van der Waals surface area contributed by atoms with Gasteiger partial charge in [0.2, 0.25) is 0 Å². The Hall–Kier alpha value is -0.0900. The van der Waals surface area contributed by atoms with Gasteiger partial charge in [0.1, 0.15) is 5.76 Å². The van der Waals surface area contributed by atoms with Crippen molar-refractivity contribution in [2.45, 2.75) is 25.7 Å². The van der Waals surface area contributed by atoms with E-state index in [0.29, 0.717) is 12.2 Å². The molecule has 0 saturated heterocycles. The Labute approximate surface area is 236 Å². The Kier molecular flexibility index (Phi) is 9.88. The maximum atomic E-state index is 13.9. The van der Waals surface area contributed by atoms with E-state index in [1.54, 1.807) is 113 Å². The van der Waals surface area contributed by atoms with E-state index < -0.39 is 33.8 Å². The van der Waals surface area contributed by atoms with Gasteiger partial charge in [-0.05, 0) is 122 Å². The fraction of sp³-hybridized carbons (Fsp3) is 0.917. The Balaban J connectivity index is 2.11. The molecule has 0 spiro atoms. The van der Waals surface area contributed by atoms with E-state index in [2.05, 4.69) is 6.08 Å². The molecule has 4 unspecified atom stereocenters. The standard InChI is InChI=1S/C24H51N6O6P3/c1-25(2)37(31,26(3)4)34-18-23-16-22(36-39(33,29(9)10)30(11)12)17-24(23,21-14-13-20(23)15-21)19-35-38(32,27(5)6)28(7)8/h16,20-21H,13-15,17-19H2,1-12H3. The van der Waals surface area contributed by atoms with Crippen LogP contribution in [0, 0.1) is 22.7 Å². The van der Waals surface area contributed by atoms with Crippen LogP contribution in [0.15, 0.2) is 11.8 Å². The van der Waals surface area contributed by atoms with Crippen LogP contribution in [0.1, 0.15) is 25.7 Å². The molecular weight excluding hydrogens is 561 g/mol. The van der Waals surface area contributed by atoms with Crippen molar-refractivity contribution in [3.05, 3.63) is 11.8 Å². The third-order valence-electron chi connectivity index (χ3n) is 9.01. The molecule has 0 amide bonds. The number of hydrogen-bond acceptors (Lipinski definition) is 6. The van der Waals surface area contributed by atoms with E-state index in [-0.39, 0.29) is 25.0 Å². The van der Waals surface area contributed by atoms with Crippen LogP contribution in [0.25, 0.3) is 0 Å². The van der Waals surface area contributed by atoms with Crippen molar-refractivity contribution in [2.75, 3.05) is 97.8 Å². The third-order valence-corrected chi connectivity index (χ3v) is 16.5. The zero-order valence-electron chi connectivity index (χ0n) is 25.9. The van der Waals surface area contributed by atoms with Gasteiger partial charge in [0.05, 0.1) is 13.2 Å². The third kappa shape index (κ3) is 5.43. The number of fused-ring (bicyclic) bond motifs is 5. The van der Waals surface area contributed by atoms with Crippen LogP contribution in [0.4, 0.5) is 0 Å². The molecule has 0 N–H and O–H groups in total. The van der Waals surface area contributed by atoms with E-state index in [0.717, 1.165) is 19.3 Å². The van der Waals surface area contributed by atoms with Gasteiger partial charge in [-0.15, -0.1) is 0 Å². The zero-order valence-corrected chi connectivity index (χ0v) is 28.6. The van der Waals surface area contributed by atoms with Crippen molar-refractivity contribution in [1.82, 2.24) is 28.0 Å². The van der Waals surface area contributed by atoms with Gasteiger partial charge < -0.3 is 13.6 Å². The molecule has 2 fully saturated rings. The van der Waals surface area contributed by atoms with Gasteiger partial charge in [-0.25, -0.2) is 32.6 Å². The average molecular weight is 613 g/mol. The highest BCUT2D eigenvalue weighted by molar-refractivity contribution is 7.54. The fourth-order valence-corrected chi connectivity index (χ4v) is 11.5. The lowest BCUT2D eigenvalue weighted by atomic mass is 9.58. The maximum Gasteiger partial charge on any atom is 0.394 e. The second-order valence-electron chi connectivity index (χ2n) is 12.4. The molecule has 2 bridgehead atoms. The first-order valence-electron chi connectivity index (χ1n) is 13.4. The van der Waals surface area contributed by atoms with Gasteiger partial charge in [-0.3, -0.25) is 9.13 Å². The molecule has 3 aliphatic carbocycles. The molecule has 15 heteroatoms. The molecule has 3 aliphatic rings. The van der Waals surface area contributed by atoms with Gasteiger partial charge in [0, 0.05) is 17.3 Å². The molecule has 3 rings (SSSR count). The second kappa shape index (κ2) is 11.5. The predicted octanol–water partition coefficient (Wildman–Crippen LogP) is 4.42. The number of nitrogens with zero attached hydrogens (tertiary/aromatic N) is 6. The Morgan fingerprint density at radius 1 is 0.667 bits per heavy atom. The van der Waals surface area contributed by atoms with Crippen molar-refractivity contribution >= 4 is 23.0 Å². The minimum atomic E-state index is -3.32. The van der Waals surface area contributed by atoms with Gasteiger partial charge in [0.15, 0.2) is 0 Å². The van der Waals surface area contributed by atoms with E-state index >= 15 is 0 Å². The summed E-state index contributed by atoms with van der Waals surface area (Å²) >= 11 is 0. The van der Waals surface area contributed by atoms with Crippen molar-refractivity contribution in [1.29, 1.82) is 0 Å². The molecule has 0 aromatic heterocycles. The highest BCUT2D eigenvalue weighted by atomic mass is 31.2. The van der Waals surface area contributed by atoms with E-state index in [9.17, 15) is 13.7 Å². The summed E-state index contributed by atoms with van der Waals surface area (Å²) < 4.78 is 70.5. The molecule has 4 atom stereocenters. The van der Waals surface area contributed by atoms with Crippen LogP contribution < -0.4 is 0 Å². The minimum Gasteiger partial charge on any atom is -0.427 e. The molecule has 0 aromatic carbocycles. The van der Waals surface area contributed by atoms with Gasteiger partial charge in [-0.2, -0.15) is 0 Å². The lowest BCUT2D eigenvalue weighted by Gasteiger charge is -2.49. The normalized spacial score (nSPS) is 29.5. The summed E-state index contributed by atoms with van der Waals surface area (Å²) in [5, 5.41) is 0. The number of allylic oxidation sites excluding steroid dienone is 1. The summed E-state index contributed by atoms with van der Waals surface area (Å²) in [6.45, 7) is 0.414. The molecule has 0 aliphatic heterocycles. The summed E-state index contributed by atoms with van der Waals surface area (Å²) in [5.41, 5.74) is -1.07. The minimum absolute atomic E-state index is 0.195. The second-order valence-corrected chi connectivity index (χ2v) is 20.8. The molecule has 0 aromatic rings. The van der Waals surface area contributed by atoms with Crippen LogP contribution in [-0.4, -0.2) is 126 Å². The average Bonchev–Trinajstić information content (AvgIpc) is 3.50. The summed E-state index contributed by atoms with van der Waals surface area (Å²) in [4.78, 5) is 0. The largest absolute Gasteiger partial charge is 0.427 e. The van der Waals surface area contributed by atoms with Crippen LogP contribution in [0.5, 0.6) is 0 Å². The first-order valence-corrected chi connectivity index (χ1v) is 18.0.